The van der Waals surface area contributed by atoms with Gasteiger partial charge in [0.05, 0.1) is 5.75 Å². The maximum absolute atomic E-state index is 12.2. The Labute approximate surface area is 171 Å². The first-order chi connectivity index (χ1) is 13.3. The predicted molar refractivity (Wildman–Crippen MR) is 113 cm³/mol. The molecule has 0 aliphatic heterocycles. The van der Waals surface area contributed by atoms with Crippen LogP contribution in [0.4, 0.5) is 5.69 Å². The maximum Gasteiger partial charge on any atom is 0.317 e. The molecule has 1 amide bonds. The monoisotopic (exact) mass is 415 g/mol. The number of fused-ring (bicyclic) bond motifs is 1. The number of nitrogens with zero attached hydrogens (tertiary/aromatic N) is 2. The Balaban J connectivity index is 1.57. The summed E-state index contributed by atoms with van der Waals surface area (Å²) in [5, 5.41) is 4.47. The van der Waals surface area contributed by atoms with Crippen molar-refractivity contribution in [3.8, 4) is 0 Å². The number of aromatic nitrogens is 2. The second-order valence-electron chi connectivity index (χ2n) is 6.42. The second-order valence-corrected chi connectivity index (χ2v) is 8.59. The van der Waals surface area contributed by atoms with Crippen LogP contribution in [0.3, 0.4) is 0 Å². The van der Waals surface area contributed by atoms with Gasteiger partial charge in [-0.2, -0.15) is 0 Å². The summed E-state index contributed by atoms with van der Waals surface area (Å²) in [4.78, 5) is 35.1. The van der Waals surface area contributed by atoms with E-state index in [0.717, 1.165) is 26.4 Å². The highest BCUT2D eigenvalue weighted by Gasteiger charge is 2.19. The number of carbonyl (C=O) groups excluding carboxylic acids is 2. The van der Waals surface area contributed by atoms with Crippen LogP contribution in [0.25, 0.3) is 10.2 Å². The van der Waals surface area contributed by atoms with Crippen LogP contribution in [0.2, 0.25) is 0 Å². The van der Waals surface area contributed by atoms with E-state index >= 15 is 0 Å². The number of ether oxygens (including phenoxy) is 1. The van der Waals surface area contributed by atoms with E-state index in [0.29, 0.717) is 5.69 Å². The van der Waals surface area contributed by atoms with E-state index in [9.17, 15) is 9.59 Å². The van der Waals surface area contributed by atoms with Gasteiger partial charge in [0.2, 0.25) is 0 Å². The van der Waals surface area contributed by atoms with Crippen LogP contribution in [0, 0.1) is 20.8 Å². The molecule has 2 heterocycles. The number of thioether (sulfide) groups is 1. The van der Waals surface area contributed by atoms with Crippen LogP contribution in [0.5, 0.6) is 0 Å². The first-order valence-corrected chi connectivity index (χ1v) is 10.6. The summed E-state index contributed by atoms with van der Waals surface area (Å²) in [6.45, 7) is 7.59. The molecule has 2 aromatic heterocycles. The average Bonchev–Trinajstić information content (AvgIpc) is 2.96. The van der Waals surface area contributed by atoms with Crippen molar-refractivity contribution in [3.05, 3.63) is 46.6 Å². The van der Waals surface area contributed by atoms with Gasteiger partial charge in [0.1, 0.15) is 16.2 Å². The molecule has 8 heteroatoms. The minimum atomic E-state index is -0.884. The van der Waals surface area contributed by atoms with Crippen LogP contribution >= 0.6 is 23.1 Å². The molecular weight excluding hydrogens is 394 g/mol. The third-order valence-corrected chi connectivity index (χ3v) is 6.33. The van der Waals surface area contributed by atoms with Crippen LogP contribution in [0.15, 0.2) is 35.6 Å². The number of benzene rings is 1. The lowest BCUT2D eigenvalue weighted by molar-refractivity contribution is -0.150. The fraction of sp³-hybridized carbons (Fsp3) is 0.300. The van der Waals surface area contributed by atoms with Gasteiger partial charge in [-0.3, -0.25) is 9.59 Å². The van der Waals surface area contributed by atoms with Crippen molar-refractivity contribution >= 4 is 50.9 Å². The number of hydrogen-bond donors (Lipinski definition) is 1. The van der Waals surface area contributed by atoms with E-state index in [-0.39, 0.29) is 11.7 Å². The largest absolute Gasteiger partial charge is 0.452 e. The number of nitrogens with one attached hydrogen (secondary N) is 1. The number of amides is 1. The number of esters is 1. The standard InChI is InChI=1S/C20H21N3O3S2/c1-11-5-7-15(8-6-11)23-18(25)13(3)26-16(24)9-27-19-17-12(2)14(4)28-20(17)22-10-21-19/h5-8,10,13H,9H2,1-4H3,(H,23,25)/t13-/m0/s1. The number of carbonyl (C=O) groups is 2. The molecule has 1 atom stereocenters. The lowest BCUT2D eigenvalue weighted by atomic mass is 10.2. The van der Waals surface area contributed by atoms with Gasteiger partial charge in [-0.1, -0.05) is 29.5 Å². The first-order valence-electron chi connectivity index (χ1n) is 8.75. The van der Waals surface area contributed by atoms with Crippen molar-refractivity contribution in [3.63, 3.8) is 0 Å². The minimum absolute atomic E-state index is 0.0720. The number of anilines is 1. The van der Waals surface area contributed by atoms with Crippen LogP contribution in [-0.2, 0) is 14.3 Å². The molecule has 0 saturated heterocycles. The molecule has 3 aromatic rings. The van der Waals surface area contributed by atoms with E-state index in [2.05, 4.69) is 15.3 Å². The van der Waals surface area contributed by atoms with Crippen molar-refractivity contribution in [1.82, 2.24) is 9.97 Å². The summed E-state index contributed by atoms with van der Waals surface area (Å²) in [5.74, 6) is -0.758. The molecule has 3 rings (SSSR count). The summed E-state index contributed by atoms with van der Waals surface area (Å²) < 4.78 is 5.26. The zero-order valence-electron chi connectivity index (χ0n) is 16.1. The summed E-state index contributed by atoms with van der Waals surface area (Å²) in [5.41, 5.74) is 2.89. The number of rotatable bonds is 6. The van der Waals surface area contributed by atoms with E-state index in [1.807, 2.05) is 45.0 Å². The Morgan fingerprint density at radius 2 is 1.89 bits per heavy atom. The van der Waals surface area contributed by atoms with Crippen molar-refractivity contribution in [2.24, 2.45) is 0 Å². The van der Waals surface area contributed by atoms with Crippen LogP contribution in [0.1, 0.15) is 22.9 Å². The van der Waals surface area contributed by atoms with Crippen molar-refractivity contribution in [2.45, 2.75) is 38.8 Å². The predicted octanol–water partition coefficient (Wildman–Crippen LogP) is 4.28. The molecule has 0 radical (unpaired) electrons. The highest BCUT2D eigenvalue weighted by Crippen LogP contribution is 2.34. The van der Waals surface area contributed by atoms with Gasteiger partial charge < -0.3 is 10.1 Å². The van der Waals surface area contributed by atoms with Gasteiger partial charge in [-0.15, -0.1) is 11.3 Å². The third-order valence-electron chi connectivity index (χ3n) is 4.25. The molecule has 0 unspecified atom stereocenters. The summed E-state index contributed by atoms with van der Waals surface area (Å²) in [6, 6.07) is 7.42. The van der Waals surface area contributed by atoms with Gasteiger partial charge >= 0.3 is 5.97 Å². The zero-order chi connectivity index (χ0) is 20.3. The van der Waals surface area contributed by atoms with E-state index in [1.165, 1.54) is 23.0 Å². The Bertz CT molecular complexity index is 1020. The Hall–Kier alpha value is -2.45. The fourth-order valence-corrected chi connectivity index (χ4v) is 4.45. The van der Waals surface area contributed by atoms with Gasteiger partial charge in [0.25, 0.3) is 5.91 Å². The molecular formula is C20H21N3O3S2. The molecule has 0 aliphatic carbocycles. The zero-order valence-corrected chi connectivity index (χ0v) is 17.7. The highest BCUT2D eigenvalue weighted by atomic mass is 32.2. The lowest BCUT2D eigenvalue weighted by Crippen LogP contribution is -2.30. The number of aryl methyl sites for hydroxylation is 3. The quantitative estimate of drug-likeness (QED) is 0.368. The molecule has 0 aliphatic rings. The Kier molecular flexibility index (Phi) is 6.31. The molecule has 1 aromatic carbocycles. The van der Waals surface area contributed by atoms with Gasteiger partial charge in [-0.25, -0.2) is 9.97 Å². The summed E-state index contributed by atoms with van der Waals surface area (Å²) >= 11 is 2.90. The number of hydrogen-bond acceptors (Lipinski definition) is 7. The number of thiophene rings is 1. The first kappa shape index (κ1) is 20.3. The smallest absolute Gasteiger partial charge is 0.317 e. The van der Waals surface area contributed by atoms with Gasteiger partial charge in [0.15, 0.2) is 6.10 Å². The molecule has 6 nitrogen and oxygen atoms in total. The average molecular weight is 416 g/mol. The SMILES string of the molecule is Cc1ccc(NC(=O)[C@H](C)OC(=O)CSc2ncnc3sc(C)c(C)c23)cc1. The second kappa shape index (κ2) is 8.70. The van der Waals surface area contributed by atoms with Crippen LogP contribution < -0.4 is 5.32 Å². The van der Waals surface area contributed by atoms with Crippen LogP contribution in [-0.4, -0.2) is 33.7 Å². The van der Waals surface area contributed by atoms with E-state index in [4.69, 9.17) is 4.74 Å². The van der Waals surface area contributed by atoms with Gasteiger partial charge in [0, 0.05) is 16.0 Å². The minimum Gasteiger partial charge on any atom is -0.452 e. The van der Waals surface area contributed by atoms with Crippen molar-refractivity contribution < 1.29 is 14.3 Å². The Morgan fingerprint density at radius 1 is 1.18 bits per heavy atom. The van der Waals surface area contributed by atoms with Crippen molar-refractivity contribution in [1.29, 1.82) is 0 Å². The Morgan fingerprint density at radius 3 is 2.61 bits per heavy atom. The molecule has 146 valence electrons. The normalized spacial score (nSPS) is 12.0. The lowest BCUT2D eigenvalue weighted by Gasteiger charge is -2.13. The fourth-order valence-electron chi connectivity index (χ4n) is 2.55. The topological polar surface area (TPSA) is 81.2 Å². The summed E-state index contributed by atoms with van der Waals surface area (Å²) in [7, 11) is 0. The molecule has 0 bridgehead atoms. The molecule has 0 spiro atoms. The molecule has 0 saturated carbocycles. The third kappa shape index (κ3) is 4.69. The molecule has 1 N–H and O–H groups in total. The maximum atomic E-state index is 12.2. The van der Waals surface area contributed by atoms with Gasteiger partial charge in [-0.05, 0) is 45.4 Å². The van der Waals surface area contributed by atoms with E-state index < -0.39 is 12.1 Å². The summed E-state index contributed by atoms with van der Waals surface area (Å²) in [6.07, 6.45) is 0.619. The molecule has 0 fully saturated rings. The van der Waals surface area contributed by atoms with E-state index in [1.54, 1.807) is 18.3 Å². The van der Waals surface area contributed by atoms with Crippen molar-refractivity contribution in [2.75, 3.05) is 11.1 Å². The molecule has 28 heavy (non-hydrogen) atoms. The highest BCUT2D eigenvalue weighted by molar-refractivity contribution is 8.00.